The Morgan fingerprint density at radius 2 is 1.65 bits per heavy atom. The van der Waals surface area contributed by atoms with Crippen molar-refractivity contribution in [3.05, 3.63) is 35.9 Å². The standard InChI is InChI=1S/C34H56N4O8/c1-10-21(4)29(37(7)33(42)28(20(2)3)36-34(43)44)26(45-8)19-27(39)38-18-14-17-25(38)31(46-9)22(5)32(41)35-23(6)30(40)24-15-12-11-13-16-24/h11-13,15-16,20-23,25-26,28-31,36,40H,10,14,17-19H2,1-9H3,(H,35,41)(H,43,44)/t21?,22?,23?,25-,26?,28?,29?,30?,31?/m0/s1. The molecule has 4 amide bonds. The Morgan fingerprint density at radius 3 is 2.17 bits per heavy atom. The number of rotatable bonds is 17. The lowest BCUT2D eigenvalue weighted by Crippen LogP contribution is -2.57. The molecule has 0 aliphatic carbocycles. The summed E-state index contributed by atoms with van der Waals surface area (Å²) in [5.41, 5.74) is 0.701. The van der Waals surface area contributed by atoms with Crippen molar-refractivity contribution in [2.45, 2.75) is 110 Å². The Labute approximate surface area is 274 Å². The third-order valence-electron chi connectivity index (χ3n) is 9.45. The molecule has 1 fully saturated rings. The molecule has 0 bridgehead atoms. The van der Waals surface area contributed by atoms with Gasteiger partial charge < -0.3 is 40.1 Å². The second-order valence-electron chi connectivity index (χ2n) is 12.9. The average molecular weight is 649 g/mol. The molecule has 1 aromatic carbocycles. The molecule has 12 heteroatoms. The minimum atomic E-state index is -1.28. The van der Waals surface area contributed by atoms with E-state index in [1.165, 1.54) is 19.1 Å². The molecule has 0 aromatic heterocycles. The first-order valence-corrected chi connectivity index (χ1v) is 16.3. The van der Waals surface area contributed by atoms with Gasteiger partial charge in [-0.15, -0.1) is 0 Å². The van der Waals surface area contributed by atoms with Gasteiger partial charge in [-0.3, -0.25) is 14.4 Å². The molecule has 9 atom stereocenters. The fraction of sp³-hybridized carbons (Fsp3) is 0.706. The molecule has 0 spiro atoms. The van der Waals surface area contributed by atoms with Crippen LogP contribution in [-0.2, 0) is 23.9 Å². The van der Waals surface area contributed by atoms with Gasteiger partial charge in [-0.2, -0.15) is 0 Å². The Morgan fingerprint density at radius 1 is 1.02 bits per heavy atom. The number of aliphatic hydroxyl groups excluding tert-OH is 1. The predicted molar refractivity (Wildman–Crippen MR) is 175 cm³/mol. The second-order valence-corrected chi connectivity index (χ2v) is 12.9. The number of likely N-dealkylation sites (tertiary alicyclic amines) is 1. The van der Waals surface area contributed by atoms with Crippen molar-refractivity contribution >= 4 is 23.8 Å². The average Bonchev–Trinajstić information content (AvgIpc) is 3.52. The first-order valence-electron chi connectivity index (χ1n) is 16.3. The summed E-state index contributed by atoms with van der Waals surface area (Å²) in [6.45, 7) is 11.5. The topological polar surface area (TPSA) is 158 Å². The maximum Gasteiger partial charge on any atom is 0.405 e. The van der Waals surface area contributed by atoms with Gasteiger partial charge in [-0.1, -0.05) is 71.4 Å². The molecule has 12 nitrogen and oxygen atoms in total. The third-order valence-corrected chi connectivity index (χ3v) is 9.45. The number of hydrogen-bond acceptors (Lipinski definition) is 7. The van der Waals surface area contributed by atoms with Crippen molar-refractivity contribution < 1.29 is 38.9 Å². The van der Waals surface area contributed by atoms with Gasteiger partial charge in [0.15, 0.2) is 0 Å². The maximum absolute atomic E-state index is 13.9. The Hall–Kier alpha value is -3.22. The van der Waals surface area contributed by atoms with Crippen molar-refractivity contribution in [2.24, 2.45) is 17.8 Å². The van der Waals surface area contributed by atoms with E-state index in [4.69, 9.17) is 9.47 Å². The van der Waals surface area contributed by atoms with Crippen LogP contribution in [0, 0.1) is 17.8 Å². The number of likely N-dealkylation sites (N-methyl/N-ethyl adjacent to an activating group) is 1. The van der Waals surface area contributed by atoms with Gasteiger partial charge in [0.25, 0.3) is 0 Å². The summed E-state index contributed by atoms with van der Waals surface area (Å²) in [5, 5.41) is 25.3. The van der Waals surface area contributed by atoms with Crippen molar-refractivity contribution in [3.8, 4) is 0 Å². The van der Waals surface area contributed by atoms with Gasteiger partial charge >= 0.3 is 6.09 Å². The van der Waals surface area contributed by atoms with Gasteiger partial charge in [0, 0.05) is 27.8 Å². The monoisotopic (exact) mass is 648 g/mol. The van der Waals surface area contributed by atoms with Gasteiger partial charge in [0.1, 0.15) is 6.04 Å². The molecular formula is C34H56N4O8. The number of benzene rings is 1. The van der Waals surface area contributed by atoms with E-state index in [9.17, 15) is 29.4 Å². The fourth-order valence-electron chi connectivity index (χ4n) is 6.55. The van der Waals surface area contributed by atoms with Crippen LogP contribution in [0.15, 0.2) is 30.3 Å². The first-order chi connectivity index (χ1) is 21.7. The summed E-state index contributed by atoms with van der Waals surface area (Å²) >= 11 is 0. The highest BCUT2D eigenvalue weighted by Gasteiger charge is 2.43. The number of amides is 4. The molecule has 46 heavy (non-hydrogen) atoms. The minimum Gasteiger partial charge on any atom is -0.465 e. The molecule has 260 valence electrons. The van der Waals surface area contributed by atoms with Crippen LogP contribution in [0.1, 0.15) is 78.9 Å². The minimum absolute atomic E-state index is 0.00432. The summed E-state index contributed by atoms with van der Waals surface area (Å²) in [4.78, 5) is 55.5. The van der Waals surface area contributed by atoms with Crippen LogP contribution in [-0.4, -0.2) is 108 Å². The Kier molecular flexibility index (Phi) is 15.4. The van der Waals surface area contributed by atoms with E-state index < -0.39 is 48.4 Å². The Balaban J connectivity index is 2.21. The summed E-state index contributed by atoms with van der Waals surface area (Å²) in [6, 6.07) is 6.79. The van der Waals surface area contributed by atoms with Crippen LogP contribution in [0.5, 0.6) is 0 Å². The lowest BCUT2D eigenvalue weighted by Gasteiger charge is -2.40. The number of carbonyl (C=O) groups excluding carboxylic acids is 3. The van der Waals surface area contributed by atoms with Crippen LogP contribution in [0.2, 0.25) is 0 Å². The molecule has 1 aromatic rings. The van der Waals surface area contributed by atoms with Crippen LogP contribution in [0.4, 0.5) is 4.79 Å². The van der Waals surface area contributed by atoms with Gasteiger partial charge in [0.2, 0.25) is 17.7 Å². The highest BCUT2D eigenvalue weighted by Crippen LogP contribution is 2.30. The van der Waals surface area contributed by atoms with E-state index in [2.05, 4.69) is 10.6 Å². The zero-order chi connectivity index (χ0) is 34.7. The molecule has 0 saturated carbocycles. The Bertz CT molecular complexity index is 1140. The number of aliphatic hydroxyl groups is 1. The fourth-order valence-corrected chi connectivity index (χ4v) is 6.55. The number of nitrogens with one attached hydrogen (secondary N) is 2. The van der Waals surface area contributed by atoms with Crippen LogP contribution in [0.3, 0.4) is 0 Å². The molecule has 2 rings (SSSR count). The van der Waals surface area contributed by atoms with E-state index >= 15 is 0 Å². The molecule has 4 N–H and O–H groups in total. The maximum atomic E-state index is 13.9. The smallest absolute Gasteiger partial charge is 0.405 e. The third kappa shape index (κ3) is 9.89. The van der Waals surface area contributed by atoms with Crippen molar-refractivity contribution in [3.63, 3.8) is 0 Å². The summed E-state index contributed by atoms with van der Waals surface area (Å²) in [6.07, 6.45) is -1.30. The molecule has 1 aliphatic rings. The van der Waals surface area contributed by atoms with Gasteiger partial charge in [0.05, 0.1) is 48.8 Å². The van der Waals surface area contributed by atoms with Crippen molar-refractivity contribution in [2.75, 3.05) is 27.8 Å². The van der Waals surface area contributed by atoms with E-state index in [-0.39, 0.29) is 42.0 Å². The van der Waals surface area contributed by atoms with E-state index in [0.717, 1.165) is 6.42 Å². The summed E-state index contributed by atoms with van der Waals surface area (Å²) in [7, 11) is 4.67. The molecule has 1 saturated heterocycles. The molecule has 1 heterocycles. The molecular weight excluding hydrogens is 592 g/mol. The normalized spacial score (nSPS) is 20.2. The number of carbonyl (C=O) groups is 4. The first kappa shape index (κ1) is 39.0. The summed E-state index contributed by atoms with van der Waals surface area (Å²) in [5.74, 6) is -1.79. The highest BCUT2D eigenvalue weighted by molar-refractivity contribution is 5.86. The predicted octanol–water partition coefficient (Wildman–Crippen LogP) is 3.44. The van der Waals surface area contributed by atoms with Crippen LogP contribution in [0.25, 0.3) is 0 Å². The number of carboxylic acid groups (broad SMARTS) is 1. The number of nitrogens with zero attached hydrogens (tertiary/aromatic N) is 2. The number of ether oxygens (including phenoxy) is 2. The van der Waals surface area contributed by atoms with Crippen LogP contribution >= 0.6 is 0 Å². The van der Waals surface area contributed by atoms with Gasteiger partial charge in [-0.05, 0) is 37.2 Å². The number of methoxy groups -OCH3 is 2. The van der Waals surface area contributed by atoms with Crippen LogP contribution < -0.4 is 10.6 Å². The van der Waals surface area contributed by atoms with E-state index in [1.807, 2.05) is 32.0 Å². The molecule has 1 aliphatic heterocycles. The summed E-state index contributed by atoms with van der Waals surface area (Å²) < 4.78 is 11.7. The lowest BCUT2D eigenvalue weighted by molar-refractivity contribution is -0.147. The zero-order valence-electron chi connectivity index (χ0n) is 28.9. The van der Waals surface area contributed by atoms with Gasteiger partial charge in [-0.25, -0.2) is 4.79 Å². The SMILES string of the molecule is CCC(C)C(C(CC(=O)N1CCC[C@H]1C(OC)C(C)C(=O)NC(C)C(O)c1ccccc1)OC)N(C)C(=O)C(NC(=O)O)C(C)C. The number of hydrogen-bond donors (Lipinski definition) is 4. The van der Waals surface area contributed by atoms with E-state index in [0.29, 0.717) is 24.9 Å². The quantitative estimate of drug-likeness (QED) is 0.200. The lowest BCUT2D eigenvalue weighted by atomic mass is 9.89. The van der Waals surface area contributed by atoms with Crippen molar-refractivity contribution in [1.82, 2.24) is 20.4 Å². The second kappa shape index (κ2) is 18.2. The molecule has 0 radical (unpaired) electrons. The highest BCUT2D eigenvalue weighted by atomic mass is 16.5. The zero-order valence-corrected chi connectivity index (χ0v) is 28.9. The largest absolute Gasteiger partial charge is 0.465 e. The van der Waals surface area contributed by atoms with E-state index in [1.54, 1.807) is 51.8 Å². The molecule has 8 unspecified atom stereocenters. The van der Waals surface area contributed by atoms with Crippen molar-refractivity contribution in [1.29, 1.82) is 0 Å².